The second kappa shape index (κ2) is 9.57. The Balaban J connectivity index is 1.51. The highest BCUT2D eigenvalue weighted by molar-refractivity contribution is 7.99. The minimum absolute atomic E-state index is 0.161. The largest absolute Gasteiger partial charge is 0.492 e. The van der Waals surface area contributed by atoms with Crippen molar-refractivity contribution in [3.05, 3.63) is 66.5 Å². The van der Waals surface area contributed by atoms with Crippen LogP contribution in [-0.2, 0) is 11.3 Å². The lowest BCUT2D eigenvalue weighted by atomic mass is 10.2. The van der Waals surface area contributed by atoms with Gasteiger partial charge in [0.2, 0.25) is 5.91 Å². The molecule has 3 aromatic heterocycles. The second-order valence-corrected chi connectivity index (χ2v) is 7.57. The monoisotopic (exact) mass is 438 g/mol. The minimum Gasteiger partial charge on any atom is -0.492 e. The first-order valence-corrected chi connectivity index (χ1v) is 10.8. The quantitative estimate of drug-likeness (QED) is 0.381. The maximum Gasteiger partial charge on any atom is 0.234 e. The van der Waals surface area contributed by atoms with Gasteiger partial charge in [-0.05, 0) is 44.2 Å². The van der Waals surface area contributed by atoms with Gasteiger partial charge in [0.05, 0.1) is 42.7 Å². The standard InChI is InChI=1S/C22H22N4O4S/c1-3-28-19-9-5-4-8-18(19)23-20(27)14-31-22-25-24-21(17-10-12-29-15(17)2)26(22)13-16-7-6-11-30-16/h4-12H,3,13-14H2,1-2H3,(H,23,27). The van der Waals surface area contributed by atoms with Gasteiger partial charge in [-0.1, -0.05) is 23.9 Å². The smallest absolute Gasteiger partial charge is 0.234 e. The van der Waals surface area contributed by atoms with Crippen molar-refractivity contribution in [2.24, 2.45) is 0 Å². The van der Waals surface area contributed by atoms with Crippen molar-refractivity contribution >= 4 is 23.4 Å². The van der Waals surface area contributed by atoms with E-state index in [4.69, 9.17) is 13.6 Å². The van der Waals surface area contributed by atoms with Crippen molar-refractivity contribution in [2.45, 2.75) is 25.5 Å². The fourth-order valence-electron chi connectivity index (χ4n) is 3.08. The summed E-state index contributed by atoms with van der Waals surface area (Å²) >= 11 is 1.30. The number of anilines is 1. The number of aryl methyl sites for hydroxylation is 1. The SMILES string of the molecule is CCOc1ccccc1NC(=O)CSc1nnc(-c2ccoc2C)n1Cc1ccco1. The molecular weight excluding hydrogens is 416 g/mol. The van der Waals surface area contributed by atoms with Gasteiger partial charge >= 0.3 is 0 Å². The van der Waals surface area contributed by atoms with E-state index in [1.54, 1.807) is 12.5 Å². The molecule has 0 spiro atoms. The zero-order chi connectivity index (χ0) is 21.6. The van der Waals surface area contributed by atoms with E-state index in [1.165, 1.54) is 11.8 Å². The normalized spacial score (nSPS) is 10.9. The van der Waals surface area contributed by atoms with Crippen molar-refractivity contribution in [2.75, 3.05) is 17.7 Å². The number of nitrogens with one attached hydrogen (secondary N) is 1. The van der Waals surface area contributed by atoms with Gasteiger partial charge in [-0.25, -0.2) is 0 Å². The molecule has 0 aliphatic carbocycles. The number of thioether (sulfide) groups is 1. The number of amides is 1. The van der Waals surface area contributed by atoms with E-state index in [2.05, 4.69) is 15.5 Å². The molecule has 0 aliphatic heterocycles. The summed E-state index contributed by atoms with van der Waals surface area (Å²) in [6.07, 6.45) is 3.24. The molecular formula is C22H22N4O4S. The van der Waals surface area contributed by atoms with Crippen molar-refractivity contribution in [1.29, 1.82) is 0 Å². The van der Waals surface area contributed by atoms with Crippen LogP contribution in [-0.4, -0.2) is 33.0 Å². The molecule has 4 rings (SSSR count). The van der Waals surface area contributed by atoms with E-state index in [0.29, 0.717) is 35.6 Å². The second-order valence-electron chi connectivity index (χ2n) is 6.63. The lowest BCUT2D eigenvalue weighted by Gasteiger charge is -2.11. The Morgan fingerprint density at radius 3 is 2.74 bits per heavy atom. The van der Waals surface area contributed by atoms with Gasteiger partial charge < -0.3 is 18.9 Å². The van der Waals surface area contributed by atoms with Crippen molar-refractivity contribution in [3.63, 3.8) is 0 Å². The van der Waals surface area contributed by atoms with E-state index in [1.807, 2.05) is 60.9 Å². The molecule has 1 amide bonds. The Morgan fingerprint density at radius 1 is 1.13 bits per heavy atom. The summed E-state index contributed by atoms with van der Waals surface area (Å²) in [6.45, 7) is 4.74. The Labute approximate surface area is 183 Å². The third-order valence-corrected chi connectivity index (χ3v) is 5.47. The highest BCUT2D eigenvalue weighted by atomic mass is 32.2. The van der Waals surface area contributed by atoms with Crippen LogP contribution in [0.5, 0.6) is 5.75 Å². The molecule has 0 aliphatic rings. The van der Waals surface area contributed by atoms with Crippen molar-refractivity contribution < 1.29 is 18.4 Å². The van der Waals surface area contributed by atoms with E-state index >= 15 is 0 Å². The van der Waals surface area contributed by atoms with Gasteiger partial charge in [-0.2, -0.15) is 0 Å². The van der Waals surface area contributed by atoms with Gasteiger partial charge in [-0.3, -0.25) is 9.36 Å². The van der Waals surface area contributed by atoms with Crippen LogP contribution in [0.4, 0.5) is 5.69 Å². The number of furan rings is 2. The van der Waals surface area contributed by atoms with Crippen LogP contribution < -0.4 is 10.1 Å². The number of carbonyl (C=O) groups excluding carboxylic acids is 1. The van der Waals surface area contributed by atoms with Gasteiger partial charge in [0, 0.05) is 0 Å². The number of para-hydroxylation sites is 2. The molecule has 160 valence electrons. The van der Waals surface area contributed by atoms with Gasteiger partial charge in [0.25, 0.3) is 0 Å². The van der Waals surface area contributed by atoms with Gasteiger partial charge in [0.15, 0.2) is 11.0 Å². The first-order chi connectivity index (χ1) is 15.2. The maximum absolute atomic E-state index is 12.6. The van der Waals surface area contributed by atoms with Crippen LogP contribution >= 0.6 is 11.8 Å². The molecule has 8 nitrogen and oxygen atoms in total. The zero-order valence-electron chi connectivity index (χ0n) is 17.2. The molecule has 3 heterocycles. The van der Waals surface area contributed by atoms with Gasteiger partial charge in [0.1, 0.15) is 17.3 Å². The highest BCUT2D eigenvalue weighted by Crippen LogP contribution is 2.29. The number of ether oxygens (including phenoxy) is 1. The van der Waals surface area contributed by atoms with Crippen LogP contribution in [0.2, 0.25) is 0 Å². The molecule has 0 saturated heterocycles. The lowest BCUT2D eigenvalue weighted by Crippen LogP contribution is -2.15. The summed E-state index contributed by atoms with van der Waals surface area (Å²) in [4.78, 5) is 12.6. The van der Waals surface area contributed by atoms with E-state index < -0.39 is 0 Å². The number of rotatable bonds is 9. The molecule has 4 aromatic rings. The Bertz CT molecular complexity index is 1150. The van der Waals surface area contributed by atoms with Crippen LogP contribution in [0.25, 0.3) is 11.4 Å². The number of hydrogen-bond donors (Lipinski definition) is 1. The molecule has 0 atom stereocenters. The summed E-state index contributed by atoms with van der Waals surface area (Å²) < 4.78 is 18.4. The third kappa shape index (κ3) is 4.83. The molecule has 0 radical (unpaired) electrons. The summed E-state index contributed by atoms with van der Waals surface area (Å²) in [5, 5.41) is 12.2. The van der Waals surface area contributed by atoms with Crippen molar-refractivity contribution in [1.82, 2.24) is 14.8 Å². The van der Waals surface area contributed by atoms with Crippen LogP contribution in [0, 0.1) is 6.92 Å². The van der Waals surface area contributed by atoms with E-state index in [9.17, 15) is 4.79 Å². The van der Waals surface area contributed by atoms with Gasteiger partial charge in [-0.15, -0.1) is 10.2 Å². The average Bonchev–Trinajstić information content (AvgIpc) is 3.51. The van der Waals surface area contributed by atoms with E-state index in [0.717, 1.165) is 17.1 Å². The zero-order valence-corrected chi connectivity index (χ0v) is 18.0. The number of carbonyl (C=O) groups is 1. The Hall–Kier alpha value is -3.46. The molecule has 1 N–H and O–H groups in total. The molecule has 1 aromatic carbocycles. The summed E-state index contributed by atoms with van der Waals surface area (Å²) in [6, 6.07) is 12.9. The predicted molar refractivity (Wildman–Crippen MR) is 117 cm³/mol. The van der Waals surface area contributed by atoms with Crippen molar-refractivity contribution in [3.8, 4) is 17.1 Å². The minimum atomic E-state index is -0.161. The molecule has 0 saturated carbocycles. The number of benzene rings is 1. The molecule has 31 heavy (non-hydrogen) atoms. The fourth-order valence-corrected chi connectivity index (χ4v) is 3.82. The topological polar surface area (TPSA) is 95.3 Å². The molecule has 0 bridgehead atoms. The summed E-state index contributed by atoms with van der Waals surface area (Å²) in [5.74, 6) is 2.82. The molecule has 0 fully saturated rings. The first-order valence-electron chi connectivity index (χ1n) is 9.80. The summed E-state index contributed by atoms with van der Waals surface area (Å²) in [5.41, 5.74) is 1.49. The number of aromatic nitrogens is 3. The lowest BCUT2D eigenvalue weighted by molar-refractivity contribution is -0.113. The maximum atomic E-state index is 12.6. The Morgan fingerprint density at radius 2 is 2.00 bits per heavy atom. The first kappa shape index (κ1) is 20.8. The predicted octanol–water partition coefficient (Wildman–Crippen LogP) is 4.62. The number of hydrogen-bond acceptors (Lipinski definition) is 7. The van der Waals surface area contributed by atoms with E-state index in [-0.39, 0.29) is 11.7 Å². The van der Waals surface area contributed by atoms with Crippen LogP contribution in [0.3, 0.4) is 0 Å². The van der Waals surface area contributed by atoms with Crippen LogP contribution in [0.1, 0.15) is 18.4 Å². The average molecular weight is 439 g/mol. The number of nitrogens with zero attached hydrogens (tertiary/aromatic N) is 3. The summed E-state index contributed by atoms with van der Waals surface area (Å²) in [7, 11) is 0. The molecule has 9 heteroatoms. The fraction of sp³-hybridized carbons (Fsp3) is 0.227. The Kier molecular flexibility index (Phi) is 6.42. The van der Waals surface area contributed by atoms with Crippen LogP contribution in [0.15, 0.2) is 69.0 Å². The third-order valence-electron chi connectivity index (χ3n) is 4.50. The highest BCUT2D eigenvalue weighted by Gasteiger charge is 2.19. The molecule has 0 unspecified atom stereocenters.